The lowest BCUT2D eigenvalue weighted by molar-refractivity contribution is -0.144. The van der Waals surface area contributed by atoms with Gasteiger partial charge in [-0.05, 0) is 73.9 Å². The van der Waals surface area contributed by atoms with E-state index in [1.165, 1.54) is 4.90 Å². The molecule has 13 N–H and O–H groups in total. The molecule has 0 spiro atoms. The van der Waals surface area contributed by atoms with E-state index in [-0.39, 0.29) is 51.1 Å². The third-order valence-corrected chi connectivity index (χ3v) is 14.9. The number of nitrogens with zero attached hydrogens (tertiary/aromatic N) is 2. The Kier molecular flexibility index (Phi) is 19.8. The number of carboxylic acid groups (broad SMARTS) is 1. The predicted octanol–water partition coefficient (Wildman–Crippen LogP) is -1.86. The van der Waals surface area contributed by atoms with E-state index in [2.05, 4.69) is 52.5 Å². The van der Waals surface area contributed by atoms with Crippen LogP contribution in [0.1, 0.15) is 55.2 Å². The monoisotopic (exact) mass is 1120 g/mol. The number of carbonyl (C=O) groups is 10. The summed E-state index contributed by atoms with van der Waals surface area (Å²) in [7, 11) is 0. The summed E-state index contributed by atoms with van der Waals surface area (Å²) in [5.41, 5.74) is 3.35. The number of likely N-dealkylation sites (tertiary alicyclic amines) is 2. The van der Waals surface area contributed by atoms with Crippen LogP contribution in [-0.2, 0) is 67.2 Å². The summed E-state index contributed by atoms with van der Waals surface area (Å²) in [5, 5.41) is 53.1. The highest BCUT2D eigenvalue weighted by Gasteiger charge is 2.42. The number of aromatic nitrogens is 2. The first-order valence-electron chi connectivity index (χ1n) is 27.1. The molecule has 9 amide bonds. The van der Waals surface area contributed by atoms with E-state index < -0.39 is 128 Å². The molecule has 3 saturated heterocycles. The van der Waals surface area contributed by atoms with E-state index in [0.29, 0.717) is 42.5 Å². The molecule has 81 heavy (non-hydrogen) atoms. The fourth-order valence-electron chi connectivity index (χ4n) is 10.7. The second-order valence-electron chi connectivity index (χ2n) is 20.4. The average Bonchev–Trinajstić information content (AvgIpc) is 4.53. The third kappa shape index (κ3) is 14.8. The molecule has 8 atom stereocenters. The zero-order chi connectivity index (χ0) is 57.6. The predicted molar refractivity (Wildman–Crippen MR) is 292 cm³/mol. The van der Waals surface area contributed by atoms with Gasteiger partial charge < -0.3 is 77.6 Å². The summed E-state index contributed by atoms with van der Waals surface area (Å²) in [6.07, 6.45) is 5.50. The van der Waals surface area contributed by atoms with Gasteiger partial charge in [0.2, 0.25) is 53.2 Å². The van der Waals surface area contributed by atoms with Gasteiger partial charge in [-0.3, -0.25) is 47.9 Å². The second-order valence-corrected chi connectivity index (χ2v) is 20.4. The van der Waals surface area contributed by atoms with Crippen LogP contribution in [0, 0.1) is 0 Å². The van der Waals surface area contributed by atoms with Crippen molar-refractivity contribution >= 4 is 80.9 Å². The Morgan fingerprint density at radius 2 is 1.00 bits per heavy atom. The van der Waals surface area contributed by atoms with E-state index in [1.54, 1.807) is 67.0 Å². The molecule has 430 valence electrons. The second kappa shape index (κ2) is 27.5. The molecule has 0 unspecified atom stereocenters. The van der Waals surface area contributed by atoms with Crippen molar-refractivity contribution in [1.82, 2.24) is 62.3 Å². The van der Waals surface area contributed by atoms with Gasteiger partial charge in [0.25, 0.3) is 0 Å². The minimum absolute atomic E-state index is 0.00471. The normalized spacial score (nSPS) is 18.7. The van der Waals surface area contributed by atoms with Crippen LogP contribution in [0.25, 0.3) is 21.8 Å². The lowest BCUT2D eigenvalue weighted by Gasteiger charge is -2.31. The summed E-state index contributed by atoms with van der Waals surface area (Å²) >= 11 is 0. The largest absolute Gasteiger partial charge is 0.480 e. The van der Waals surface area contributed by atoms with E-state index in [1.807, 2.05) is 24.3 Å². The van der Waals surface area contributed by atoms with Gasteiger partial charge in [-0.1, -0.05) is 66.7 Å². The van der Waals surface area contributed by atoms with Gasteiger partial charge in [0, 0.05) is 66.6 Å². The van der Waals surface area contributed by atoms with Crippen molar-refractivity contribution < 1.29 is 63.3 Å². The van der Waals surface area contributed by atoms with Crippen molar-refractivity contribution in [3.63, 3.8) is 0 Å². The van der Waals surface area contributed by atoms with Crippen LogP contribution in [0.15, 0.2) is 91.3 Å². The molecule has 3 aliphatic heterocycles. The van der Waals surface area contributed by atoms with Crippen molar-refractivity contribution in [1.29, 1.82) is 0 Å². The minimum Gasteiger partial charge on any atom is -0.480 e. The van der Waals surface area contributed by atoms with Crippen LogP contribution in [0.2, 0.25) is 0 Å². The molecule has 2 aromatic heterocycles. The number of carboxylic acids is 1. The average molecular weight is 1120 g/mol. The summed E-state index contributed by atoms with van der Waals surface area (Å²) < 4.78 is 0. The first-order valence-corrected chi connectivity index (χ1v) is 27.1. The van der Waals surface area contributed by atoms with E-state index >= 15 is 0 Å². The number of amides is 9. The summed E-state index contributed by atoms with van der Waals surface area (Å²) in [5.74, 6) is -7.98. The lowest BCUT2D eigenvalue weighted by Crippen LogP contribution is -2.61. The lowest BCUT2D eigenvalue weighted by atomic mass is 10.0. The van der Waals surface area contributed by atoms with Crippen molar-refractivity contribution in [2.75, 3.05) is 45.9 Å². The smallest absolute Gasteiger partial charge is 0.322 e. The number of hydrogen-bond donors (Lipinski definition) is 13. The molecule has 0 aliphatic carbocycles. The van der Waals surface area contributed by atoms with E-state index in [4.69, 9.17) is 5.11 Å². The van der Waals surface area contributed by atoms with Gasteiger partial charge in [-0.2, -0.15) is 0 Å². The summed E-state index contributed by atoms with van der Waals surface area (Å²) in [6.45, 7) is -2.16. The number of benzene rings is 3. The van der Waals surface area contributed by atoms with Crippen molar-refractivity contribution in [3.05, 3.63) is 108 Å². The molecule has 3 aliphatic rings. The maximum absolute atomic E-state index is 14.6. The number of para-hydroxylation sites is 2. The Morgan fingerprint density at radius 3 is 1.52 bits per heavy atom. The molecule has 5 aromatic rings. The molecule has 8 rings (SSSR count). The highest BCUT2D eigenvalue weighted by Crippen LogP contribution is 2.24. The van der Waals surface area contributed by atoms with Gasteiger partial charge in [0.05, 0.1) is 25.8 Å². The zero-order valence-electron chi connectivity index (χ0n) is 44.4. The molecule has 5 heterocycles. The molecule has 25 heteroatoms. The van der Waals surface area contributed by atoms with Gasteiger partial charge in [-0.25, -0.2) is 0 Å². The van der Waals surface area contributed by atoms with Gasteiger partial charge in [-0.15, -0.1) is 0 Å². The highest BCUT2D eigenvalue weighted by atomic mass is 16.4. The molecule has 3 aromatic carbocycles. The van der Waals surface area contributed by atoms with Crippen LogP contribution in [0.5, 0.6) is 0 Å². The zero-order valence-corrected chi connectivity index (χ0v) is 44.4. The quantitative estimate of drug-likeness (QED) is 0.0305. The number of aliphatic hydroxyl groups is 2. The molecule has 0 saturated carbocycles. The number of aromatic amines is 2. The van der Waals surface area contributed by atoms with Crippen LogP contribution in [0.3, 0.4) is 0 Å². The Morgan fingerprint density at radius 1 is 0.519 bits per heavy atom. The number of fused-ring (bicyclic) bond motifs is 2. The fraction of sp³-hybridized carbons (Fsp3) is 0.429. The molecule has 25 nitrogen and oxygen atoms in total. The van der Waals surface area contributed by atoms with Crippen LogP contribution >= 0.6 is 0 Å². The fourth-order valence-corrected chi connectivity index (χ4v) is 10.7. The Balaban J connectivity index is 0.983. The Bertz CT molecular complexity index is 3110. The van der Waals surface area contributed by atoms with E-state index in [9.17, 15) is 58.2 Å². The maximum atomic E-state index is 14.6. The number of hydrogen-bond acceptors (Lipinski definition) is 13. The van der Waals surface area contributed by atoms with Gasteiger partial charge >= 0.3 is 5.97 Å². The van der Waals surface area contributed by atoms with Crippen molar-refractivity contribution in [2.45, 2.75) is 106 Å². The van der Waals surface area contributed by atoms with E-state index in [0.717, 1.165) is 33.1 Å². The first kappa shape index (κ1) is 58.5. The highest BCUT2D eigenvalue weighted by molar-refractivity contribution is 5.99. The van der Waals surface area contributed by atoms with Crippen LogP contribution < -0.4 is 42.5 Å². The molecule has 0 radical (unpaired) electrons. The Labute approximate surface area is 465 Å². The maximum Gasteiger partial charge on any atom is 0.322 e. The van der Waals surface area contributed by atoms with Crippen molar-refractivity contribution in [3.8, 4) is 0 Å². The van der Waals surface area contributed by atoms with Crippen LogP contribution in [0.4, 0.5) is 0 Å². The third-order valence-electron chi connectivity index (χ3n) is 14.9. The number of carbonyl (C=O) groups excluding carboxylic acids is 9. The number of aliphatic hydroxyl groups excluding tert-OH is 2. The number of nitrogens with one attached hydrogen (secondary N) is 10. The molecule has 0 bridgehead atoms. The first-order chi connectivity index (χ1) is 39.1. The SMILES string of the molecule is O=C(O)CNC(=O)[C@@H]1CCCN1C(=O)[C@H](CO)NC(=O)[C@H](Cc1c[nH]c2ccccc12)NC(=O)[C@@H]1CCCN1C(=O)[C@H](CO)NC(=O)[C@H](Cc1c[nH]c2ccccc12)NC(=O)[C@H](Cc1ccccc1)NC(=O)CNC(=O)[C@@H]1CCCN1. The molecule has 3 fully saturated rings. The number of rotatable bonds is 25. The number of H-pyrrole nitrogens is 2. The standard InChI is InChI=1S/C56H68N12O13/c69-30-43(55(80)67-21-9-18-45(67)53(78)61-29-48(72)73)66-52(77)42(25-34-27-59-38-16-7-5-14-36(34)38)64-54(79)46-19-10-22-68(46)56(81)44(31-70)65-51(76)41(24-33-26-58-37-15-6-4-13-35(33)37)63-50(75)40(23-32-11-2-1-3-12-32)62-47(71)28-60-49(74)39-17-8-20-57-39/h1-7,11-16,26-27,39-46,57-59,69-70H,8-10,17-25,28-31H2,(H,60,74)(H,61,78)(H,62,71)(H,63,75)(H,64,79)(H,65,76)(H,66,77)(H,72,73)/t39-,40-,41-,42-,43-,44-,45-,46-/m0/s1. The van der Waals surface area contributed by atoms with Gasteiger partial charge in [0.1, 0.15) is 48.8 Å². The van der Waals surface area contributed by atoms with Crippen molar-refractivity contribution in [2.24, 2.45) is 0 Å². The summed E-state index contributed by atoms with van der Waals surface area (Å²) in [4.78, 5) is 145. The Hall–Kier alpha value is -8.68. The topological polar surface area (TPSA) is 366 Å². The molecular formula is C56H68N12O13. The minimum atomic E-state index is -1.65. The van der Waals surface area contributed by atoms with Gasteiger partial charge in [0.15, 0.2) is 0 Å². The summed E-state index contributed by atoms with van der Waals surface area (Å²) in [6, 6.07) is 13.3. The van der Waals surface area contributed by atoms with Crippen LogP contribution in [-0.4, -0.2) is 188 Å². The number of aliphatic carboxylic acids is 1. The molecular weight excluding hydrogens is 1050 g/mol.